The van der Waals surface area contributed by atoms with Gasteiger partial charge in [-0.05, 0) is 61.8 Å². The molecule has 0 fully saturated rings. The molecule has 0 aliphatic rings. The summed E-state index contributed by atoms with van der Waals surface area (Å²) in [4.78, 5) is 0. The number of benzene rings is 1. The van der Waals surface area contributed by atoms with E-state index in [2.05, 4.69) is 0 Å². The molecule has 0 bridgehead atoms. The molecule has 0 aliphatic heterocycles. The minimum Gasteiger partial charge on any atom is -0.201 e. The third-order valence-corrected chi connectivity index (χ3v) is 3.53. The molecule has 1 aromatic heterocycles. The Bertz CT molecular complexity index is 965. The highest BCUT2D eigenvalue weighted by molar-refractivity contribution is 5.64. The molecule has 0 radical (unpaired) electrons. The summed E-state index contributed by atoms with van der Waals surface area (Å²) in [7, 11) is 1.67. The van der Waals surface area contributed by atoms with E-state index in [0.717, 1.165) is 0 Å². The van der Waals surface area contributed by atoms with Crippen molar-refractivity contribution in [1.29, 1.82) is 0 Å². The number of aromatic nitrogens is 1. The van der Waals surface area contributed by atoms with Gasteiger partial charge in [0.2, 0.25) is 5.69 Å². The van der Waals surface area contributed by atoms with E-state index < -0.39 is 26.4 Å². The summed E-state index contributed by atoms with van der Waals surface area (Å²) in [5.41, 5.74) is 2.19. The van der Waals surface area contributed by atoms with Crippen LogP contribution in [0, 0.1) is 27.6 Å². The molecule has 0 saturated heterocycles. The SMILES string of the molecule is [2H]C([2H])([2H])c1c[n+](C)c(-c2cc(C([2H])(C)C([2H])([2H])[2H])c(C([2H])([2H])[2H])cc2C)cc1C. The maximum atomic E-state index is 8.49. The lowest BCUT2D eigenvalue weighted by molar-refractivity contribution is -0.660. The van der Waals surface area contributed by atoms with Gasteiger partial charge in [-0.2, -0.15) is 0 Å². The first-order valence-corrected chi connectivity index (χ1v) is 6.45. The predicted molar refractivity (Wildman–Crippen MR) is 86.1 cm³/mol. The molecule has 1 heteroatoms. The molecule has 1 aromatic carbocycles. The van der Waals surface area contributed by atoms with Crippen LogP contribution in [-0.4, -0.2) is 0 Å². The third-order valence-electron chi connectivity index (χ3n) is 3.53. The Labute approximate surface area is 137 Å². The van der Waals surface area contributed by atoms with Gasteiger partial charge in [0.1, 0.15) is 7.05 Å². The van der Waals surface area contributed by atoms with Crippen molar-refractivity contribution < 1.29 is 18.3 Å². The molecule has 2 rings (SSSR count). The first-order valence-electron chi connectivity index (χ1n) is 11.4. The van der Waals surface area contributed by atoms with Crippen LogP contribution < -0.4 is 4.57 Å². The predicted octanol–water partition coefficient (Wildman–Crippen LogP) is 4.54. The first kappa shape index (κ1) is 6.43. The Hall–Kier alpha value is -1.63. The van der Waals surface area contributed by atoms with Crippen molar-refractivity contribution in [2.45, 2.75) is 47.2 Å². The molecule has 106 valence electrons. The van der Waals surface area contributed by atoms with E-state index >= 15 is 0 Å². The molecule has 1 atom stereocenters. The lowest BCUT2D eigenvalue weighted by Gasteiger charge is -2.14. The van der Waals surface area contributed by atoms with Crippen LogP contribution in [-0.2, 0) is 7.05 Å². The minimum absolute atomic E-state index is 0.0966. The van der Waals surface area contributed by atoms with Crippen LogP contribution in [0.4, 0.5) is 0 Å². The van der Waals surface area contributed by atoms with Crippen LogP contribution in [0.5, 0.6) is 0 Å². The first-order chi connectivity index (χ1) is 13.3. The number of hydrogen-bond donors (Lipinski definition) is 0. The van der Waals surface area contributed by atoms with E-state index in [9.17, 15) is 0 Å². The van der Waals surface area contributed by atoms with Crippen LogP contribution in [0.3, 0.4) is 0 Å². The second-order valence-corrected chi connectivity index (χ2v) is 5.20. The van der Waals surface area contributed by atoms with E-state index in [1.807, 2.05) is 0 Å². The number of rotatable bonds is 2. The monoisotopic (exact) mass is 278 g/mol. The molecule has 1 nitrogen and oxygen atoms in total. The molecule has 0 N–H and O–H groups in total. The summed E-state index contributed by atoms with van der Waals surface area (Å²) < 4.78 is 80.0. The standard InChI is InChI=1S/C19H26N/c1-12(2)17-10-18(15(5)8-14(17)4)19-9-13(3)16(6)11-20(19)7/h8-12H,1-7H3/q+1/i1D3,4D3,6D3,12D. The molecule has 0 aliphatic carbocycles. The number of nitrogens with zero attached hydrogens (tertiary/aromatic N) is 1. The average molecular weight is 278 g/mol. The largest absolute Gasteiger partial charge is 0.212 e. The second-order valence-electron chi connectivity index (χ2n) is 5.20. The van der Waals surface area contributed by atoms with Crippen molar-refractivity contribution in [2.24, 2.45) is 7.05 Å². The molecule has 0 spiro atoms. The fourth-order valence-electron chi connectivity index (χ4n) is 2.31. The maximum absolute atomic E-state index is 8.49. The van der Waals surface area contributed by atoms with Gasteiger partial charge in [-0.15, -0.1) is 0 Å². The second kappa shape index (κ2) is 5.40. The van der Waals surface area contributed by atoms with Crippen LogP contribution in [0.25, 0.3) is 11.3 Å². The molecule has 0 amide bonds. The smallest absolute Gasteiger partial charge is 0.201 e. The summed E-state index contributed by atoms with van der Waals surface area (Å²) in [6.45, 7) is -3.05. The van der Waals surface area contributed by atoms with Crippen molar-refractivity contribution in [3.05, 3.63) is 52.2 Å². The Morgan fingerprint density at radius 1 is 1.05 bits per heavy atom. The van der Waals surface area contributed by atoms with Gasteiger partial charge in [0, 0.05) is 30.9 Å². The van der Waals surface area contributed by atoms with E-state index in [4.69, 9.17) is 13.7 Å². The fourth-order valence-corrected chi connectivity index (χ4v) is 2.31. The lowest BCUT2D eigenvalue weighted by Crippen LogP contribution is -2.31. The van der Waals surface area contributed by atoms with Gasteiger partial charge in [0.15, 0.2) is 6.20 Å². The summed E-state index contributed by atoms with van der Waals surface area (Å²) in [6, 6.07) is 4.53. The highest BCUT2D eigenvalue weighted by Gasteiger charge is 2.16. The Morgan fingerprint density at radius 2 is 1.80 bits per heavy atom. The topological polar surface area (TPSA) is 3.88 Å². The lowest BCUT2D eigenvalue weighted by atomic mass is 9.91. The van der Waals surface area contributed by atoms with Crippen molar-refractivity contribution in [2.75, 3.05) is 0 Å². The number of hydrogen-bond acceptors (Lipinski definition) is 0. The molecular weight excluding hydrogens is 242 g/mol. The summed E-state index contributed by atoms with van der Waals surface area (Å²) in [5.74, 6) is -2.15. The normalized spacial score (nSPS) is 23.4. The molecular formula is C19H26N+. The molecule has 1 heterocycles. The Morgan fingerprint density at radius 3 is 2.45 bits per heavy atom. The minimum atomic E-state index is -2.75. The molecule has 0 saturated carbocycles. The van der Waals surface area contributed by atoms with Crippen molar-refractivity contribution >= 4 is 0 Å². The van der Waals surface area contributed by atoms with E-state index in [1.165, 1.54) is 25.3 Å². The maximum Gasteiger partial charge on any atom is 0.212 e. The fraction of sp³-hybridized carbons (Fsp3) is 0.421. The highest BCUT2D eigenvalue weighted by Crippen LogP contribution is 2.29. The molecule has 20 heavy (non-hydrogen) atoms. The van der Waals surface area contributed by atoms with E-state index in [0.29, 0.717) is 22.4 Å². The third kappa shape index (κ3) is 2.63. The van der Waals surface area contributed by atoms with E-state index in [1.54, 1.807) is 31.5 Å². The van der Waals surface area contributed by atoms with Gasteiger partial charge in [0.25, 0.3) is 0 Å². The van der Waals surface area contributed by atoms with Crippen LogP contribution >= 0.6 is 0 Å². The highest BCUT2D eigenvalue weighted by atomic mass is 14.9. The zero-order valence-corrected chi connectivity index (χ0v) is 12.3. The Kier molecular flexibility index (Phi) is 1.73. The van der Waals surface area contributed by atoms with Gasteiger partial charge >= 0.3 is 0 Å². The summed E-state index contributed by atoms with van der Waals surface area (Å²) in [5, 5.41) is 0. The summed E-state index contributed by atoms with van der Waals surface area (Å²) in [6.07, 6.45) is 1.50. The quantitative estimate of drug-likeness (QED) is 0.710. The van der Waals surface area contributed by atoms with Crippen LogP contribution in [0.15, 0.2) is 24.4 Å². The van der Waals surface area contributed by atoms with Gasteiger partial charge in [0.05, 0.1) is 0 Å². The van der Waals surface area contributed by atoms with Crippen molar-refractivity contribution in [1.82, 2.24) is 0 Å². The van der Waals surface area contributed by atoms with Gasteiger partial charge < -0.3 is 0 Å². The van der Waals surface area contributed by atoms with Gasteiger partial charge in [-0.1, -0.05) is 19.8 Å². The van der Waals surface area contributed by atoms with Gasteiger partial charge in [-0.3, -0.25) is 0 Å². The zero-order chi connectivity index (χ0) is 23.4. The number of aryl methyl sites for hydroxylation is 5. The average Bonchev–Trinajstić information content (AvgIpc) is 2.53. The number of pyridine rings is 1. The summed E-state index contributed by atoms with van der Waals surface area (Å²) >= 11 is 0. The van der Waals surface area contributed by atoms with Crippen molar-refractivity contribution in [3.63, 3.8) is 0 Å². The van der Waals surface area contributed by atoms with E-state index in [-0.39, 0.29) is 16.7 Å². The zero-order valence-electron chi connectivity index (χ0n) is 22.3. The van der Waals surface area contributed by atoms with Crippen LogP contribution in [0.1, 0.15) is 61.2 Å². The molecule has 1 unspecified atom stereocenters. The van der Waals surface area contributed by atoms with Gasteiger partial charge in [-0.25, -0.2) is 4.57 Å². The molecule has 2 aromatic rings. The Balaban J connectivity index is 2.88. The van der Waals surface area contributed by atoms with Crippen LogP contribution in [0.2, 0.25) is 0 Å². The van der Waals surface area contributed by atoms with Crippen molar-refractivity contribution in [3.8, 4) is 11.3 Å².